The Labute approximate surface area is 88.9 Å². The number of rotatable bonds is 5. The first-order valence-corrected chi connectivity index (χ1v) is 4.63. The Balaban J connectivity index is 4.09. The fraction of sp³-hybridized carbons (Fsp3) is 0.889. The molecule has 6 nitrogen and oxygen atoms in total. The fourth-order valence-electron chi connectivity index (χ4n) is 0.508. The first kappa shape index (κ1) is 14.2. The Morgan fingerprint density at radius 2 is 1.73 bits per heavy atom. The highest BCUT2D eigenvalue weighted by Gasteiger charge is 2.29. The molecule has 0 aromatic carbocycles. The van der Waals surface area contributed by atoms with Gasteiger partial charge in [-0.1, -0.05) is 6.92 Å². The minimum atomic E-state index is -1.33. The van der Waals surface area contributed by atoms with Gasteiger partial charge in [-0.3, -0.25) is 4.89 Å². The predicted octanol–water partition coefficient (Wildman–Crippen LogP) is 2.49. The van der Waals surface area contributed by atoms with Crippen LogP contribution in [0.25, 0.3) is 0 Å². The van der Waals surface area contributed by atoms with Crippen LogP contribution in [0.15, 0.2) is 0 Å². The van der Waals surface area contributed by atoms with Gasteiger partial charge >= 0.3 is 6.16 Å². The largest absolute Gasteiger partial charge is 0.542 e. The molecule has 0 unspecified atom stereocenters. The number of hydrogen-bond acceptors (Lipinski definition) is 6. The topological polar surface area (TPSA) is 74.2 Å². The maximum absolute atomic E-state index is 10.6. The SMILES string of the molecule is CCC(C)(C)OOC(C)(C)OC(=O)OO. The molecule has 0 spiro atoms. The van der Waals surface area contributed by atoms with E-state index >= 15 is 0 Å². The van der Waals surface area contributed by atoms with Gasteiger partial charge in [0.25, 0.3) is 0 Å². The van der Waals surface area contributed by atoms with Crippen molar-refractivity contribution in [2.45, 2.75) is 52.4 Å². The van der Waals surface area contributed by atoms with Crippen LogP contribution in [0.1, 0.15) is 41.0 Å². The summed E-state index contributed by atoms with van der Waals surface area (Å²) < 4.78 is 4.57. The lowest BCUT2D eigenvalue weighted by molar-refractivity contribution is -0.446. The zero-order valence-corrected chi connectivity index (χ0v) is 9.70. The molecule has 0 saturated heterocycles. The van der Waals surface area contributed by atoms with Crippen molar-refractivity contribution < 1.29 is 29.5 Å². The van der Waals surface area contributed by atoms with Gasteiger partial charge in [-0.25, -0.2) is 9.68 Å². The van der Waals surface area contributed by atoms with Gasteiger partial charge in [0.15, 0.2) is 0 Å². The molecule has 15 heavy (non-hydrogen) atoms. The molecule has 0 aliphatic heterocycles. The molecular formula is C9H18O6. The summed E-state index contributed by atoms with van der Waals surface area (Å²) in [6, 6.07) is 0. The van der Waals surface area contributed by atoms with Gasteiger partial charge in [0, 0.05) is 13.8 Å². The van der Waals surface area contributed by atoms with Crippen LogP contribution in [0.5, 0.6) is 0 Å². The molecular weight excluding hydrogens is 204 g/mol. The summed E-state index contributed by atoms with van der Waals surface area (Å²) in [6.45, 7) is 8.49. The third kappa shape index (κ3) is 6.27. The molecule has 6 heteroatoms. The Hall–Kier alpha value is -0.850. The molecule has 0 saturated carbocycles. The van der Waals surface area contributed by atoms with Crippen molar-refractivity contribution in [3.05, 3.63) is 0 Å². The quantitative estimate of drug-likeness (QED) is 0.333. The van der Waals surface area contributed by atoms with Crippen molar-refractivity contribution in [2.75, 3.05) is 0 Å². The molecule has 0 aromatic heterocycles. The van der Waals surface area contributed by atoms with Gasteiger partial charge in [-0.2, -0.15) is 10.1 Å². The number of carbonyl (C=O) groups excluding carboxylic acids is 1. The van der Waals surface area contributed by atoms with Crippen molar-refractivity contribution in [1.29, 1.82) is 0 Å². The van der Waals surface area contributed by atoms with Crippen molar-refractivity contribution in [3.63, 3.8) is 0 Å². The van der Waals surface area contributed by atoms with Gasteiger partial charge in [-0.05, 0) is 20.3 Å². The van der Waals surface area contributed by atoms with E-state index in [1.165, 1.54) is 13.8 Å². The highest BCUT2D eigenvalue weighted by atomic mass is 17.2. The first-order valence-electron chi connectivity index (χ1n) is 4.63. The van der Waals surface area contributed by atoms with Crippen LogP contribution in [-0.2, 0) is 19.4 Å². The van der Waals surface area contributed by atoms with Gasteiger partial charge < -0.3 is 4.74 Å². The molecule has 0 aromatic rings. The number of ether oxygens (including phenoxy) is 1. The zero-order chi connectivity index (χ0) is 12.1. The van der Waals surface area contributed by atoms with Crippen LogP contribution in [0.2, 0.25) is 0 Å². The summed E-state index contributed by atoms with van der Waals surface area (Å²) in [4.78, 5) is 23.9. The molecule has 0 rings (SSSR count). The molecule has 1 N–H and O–H groups in total. The summed E-state index contributed by atoms with van der Waals surface area (Å²) in [6.07, 6.45) is -0.522. The van der Waals surface area contributed by atoms with Gasteiger partial charge in [-0.15, -0.1) is 0 Å². The molecule has 0 heterocycles. The van der Waals surface area contributed by atoms with Gasteiger partial charge in [0.1, 0.15) is 0 Å². The van der Waals surface area contributed by atoms with E-state index in [1.807, 2.05) is 20.8 Å². The van der Waals surface area contributed by atoms with Crippen molar-refractivity contribution in [1.82, 2.24) is 0 Å². The first-order chi connectivity index (χ1) is 6.72. The lowest BCUT2D eigenvalue weighted by Gasteiger charge is -2.28. The minimum Gasteiger partial charge on any atom is -0.398 e. The normalized spacial score (nSPS) is 12.4. The highest BCUT2D eigenvalue weighted by molar-refractivity contribution is 5.59. The van der Waals surface area contributed by atoms with Crippen molar-refractivity contribution in [2.24, 2.45) is 0 Å². The average Bonchev–Trinajstić information content (AvgIpc) is 2.14. The van der Waals surface area contributed by atoms with E-state index in [4.69, 9.17) is 15.0 Å². The summed E-state index contributed by atoms with van der Waals surface area (Å²) in [5.41, 5.74) is -0.482. The smallest absolute Gasteiger partial charge is 0.398 e. The van der Waals surface area contributed by atoms with Crippen LogP contribution >= 0.6 is 0 Å². The summed E-state index contributed by atoms with van der Waals surface area (Å²) >= 11 is 0. The van der Waals surface area contributed by atoms with E-state index in [1.54, 1.807) is 0 Å². The lowest BCUT2D eigenvalue weighted by Crippen LogP contribution is -2.36. The van der Waals surface area contributed by atoms with Crippen LogP contribution in [0, 0.1) is 0 Å². The Morgan fingerprint density at radius 3 is 2.13 bits per heavy atom. The standard InChI is InChI=1S/C9H18O6/c1-6-8(2,3)14-15-9(4,5)12-7(10)13-11/h11H,6H2,1-5H3. The molecule has 0 fully saturated rings. The maximum atomic E-state index is 10.6. The Morgan fingerprint density at radius 1 is 1.20 bits per heavy atom. The summed E-state index contributed by atoms with van der Waals surface area (Å²) in [5, 5.41) is 8.00. The second-order valence-corrected chi connectivity index (χ2v) is 4.12. The molecule has 90 valence electrons. The fourth-order valence-corrected chi connectivity index (χ4v) is 0.508. The molecule has 0 amide bonds. The molecule has 0 bridgehead atoms. The Bertz CT molecular complexity index is 211. The van der Waals surface area contributed by atoms with Gasteiger partial charge in [0.2, 0.25) is 5.79 Å². The molecule has 0 aliphatic rings. The molecule has 0 aliphatic carbocycles. The number of carbonyl (C=O) groups is 1. The highest BCUT2D eigenvalue weighted by Crippen LogP contribution is 2.20. The second-order valence-electron chi connectivity index (χ2n) is 4.12. The van der Waals surface area contributed by atoms with Crippen LogP contribution < -0.4 is 0 Å². The van der Waals surface area contributed by atoms with Crippen LogP contribution in [-0.4, -0.2) is 22.8 Å². The maximum Gasteiger partial charge on any atom is 0.542 e. The molecule has 0 atom stereocenters. The van der Waals surface area contributed by atoms with Crippen LogP contribution in [0.4, 0.5) is 4.79 Å². The number of hydrogen-bond donors (Lipinski definition) is 1. The minimum absolute atomic E-state index is 0.482. The summed E-state index contributed by atoms with van der Waals surface area (Å²) in [7, 11) is 0. The Kier molecular flexibility index (Phi) is 4.99. The monoisotopic (exact) mass is 222 g/mol. The third-order valence-corrected chi connectivity index (χ3v) is 1.72. The van der Waals surface area contributed by atoms with Crippen molar-refractivity contribution in [3.8, 4) is 0 Å². The van der Waals surface area contributed by atoms with E-state index < -0.39 is 17.5 Å². The van der Waals surface area contributed by atoms with E-state index in [0.717, 1.165) is 6.42 Å². The van der Waals surface area contributed by atoms with Gasteiger partial charge in [0.05, 0.1) is 5.60 Å². The zero-order valence-electron chi connectivity index (χ0n) is 9.70. The van der Waals surface area contributed by atoms with E-state index in [2.05, 4.69) is 9.62 Å². The van der Waals surface area contributed by atoms with E-state index in [9.17, 15) is 4.79 Å². The van der Waals surface area contributed by atoms with E-state index in [0.29, 0.717) is 0 Å². The predicted molar refractivity (Wildman–Crippen MR) is 50.8 cm³/mol. The lowest BCUT2D eigenvalue weighted by atomic mass is 10.1. The second kappa shape index (κ2) is 5.29. The average molecular weight is 222 g/mol. The van der Waals surface area contributed by atoms with Crippen molar-refractivity contribution >= 4 is 6.16 Å². The molecule has 0 radical (unpaired) electrons. The summed E-state index contributed by atoms with van der Waals surface area (Å²) in [5.74, 6) is -1.33. The van der Waals surface area contributed by atoms with Crippen LogP contribution in [0.3, 0.4) is 0 Å². The van der Waals surface area contributed by atoms with E-state index in [-0.39, 0.29) is 0 Å². The third-order valence-electron chi connectivity index (χ3n) is 1.72.